The molecule has 0 spiro atoms. The van der Waals surface area contributed by atoms with Crippen LogP contribution in [-0.2, 0) is 11.3 Å². The van der Waals surface area contributed by atoms with Crippen LogP contribution in [0.5, 0.6) is 5.75 Å². The van der Waals surface area contributed by atoms with Crippen LogP contribution in [0.3, 0.4) is 0 Å². The van der Waals surface area contributed by atoms with Crippen LogP contribution in [0.2, 0.25) is 0 Å². The van der Waals surface area contributed by atoms with Gasteiger partial charge in [0.2, 0.25) is 0 Å². The Bertz CT molecular complexity index is 645. The van der Waals surface area contributed by atoms with Gasteiger partial charge in [-0.15, -0.1) is 0 Å². The van der Waals surface area contributed by atoms with E-state index in [1.165, 1.54) is 0 Å². The van der Waals surface area contributed by atoms with Gasteiger partial charge in [-0.3, -0.25) is 0 Å². The Labute approximate surface area is 141 Å². The third-order valence-corrected chi connectivity index (χ3v) is 4.19. The number of rotatable bonds is 5. The first kappa shape index (κ1) is 16.9. The highest BCUT2D eigenvalue weighted by molar-refractivity contribution is 5.31. The second kappa shape index (κ2) is 7.77. The Morgan fingerprint density at radius 1 is 1.04 bits per heavy atom. The van der Waals surface area contributed by atoms with E-state index < -0.39 is 24.4 Å². The van der Waals surface area contributed by atoms with Gasteiger partial charge < -0.3 is 24.8 Å². The molecule has 0 saturated carbocycles. The van der Waals surface area contributed by atoms with Gasteiger partial charge in [-0.05, 0) is 23.3 Å². The molecule has 3 rings (SSSR count). The molecule has 128 valence electrons. The van der Waals surface area contributed by atoms with Gasteiger partial charge in [0.25, 0.3) is 0 Å². The first-order valence-electron chi connectivity index (χ1n) is 8.06. The van der Waals surface area contributed by atoms with Gasteiger partial charge in [0, 0.05) is 6.42 Å². The number of aliphatic hydroxyl groups excluding tert-OH is 3. The summed E-state index contributed by atoms with van der Waals surface area (Å²) in [6.45, 7) is 0.255. The fraction of sp³-hybridized carbons (Fsp3) is 0.368. The first-order valence-corrected chi connectivity index (χ1v) is 8.06. The second-order valence-electron chi connectivity index (χ2n) is 6.00. The van der Waals surface area contributed by atoms with E-state index in [4.69, 9.17) is 9.47 Å². The number of aliphatic hydroxyl groups is 3. The van der Waals surface area contributed by atoms with Gasteiger partial charge in [-0.25, -0.2) is 0 Å². The van der Waals surface area contributed by atoms with E-state index in [1.54, 1.807) is 6.07 Å². The zero-order chi connectivity index (χ0) is 16.9. The second-order valence-corrected chi connectivity index (χ2v) is 6.00. The molecule has 0 aliphatic carbocycles. The van der Waals surface area contributed by atoms with E-state index in [2.05, 4.69) is 0 Å². The molecular weight excluding hydrogens is 308 g/mol. The SMILES string of the molecule is OCC1CC(O)C(O)C(c2cccc(OCc3ccccc3)c2)O1. The average molecular weight is 330 g/mol. The highest BCUT2D eigenvalue weighted by atomic mass is 16.5. The van der Waals surface area contributed by atoms with Gasteiger partial charge in [0.1, 0.15) is 24.6 Å². The summed E-state index contributed by atoms with van der Waals surface area (Å²) < 4.78 is 11.5. The van der Waals surface area contributed by atoms with Crippen molar-refractivity contribution in [2.24, 2.45) is 0 Å². The molecule has 4 unspecified atom stereocenters. The van der Waals surface area contributed by atoms with Crippen LogP contribution in [-0.4, -0.2) is 40.2 Å². The lowest BCUT2D eigenvalue weighted by atomic mass is 9.93. The topological polar surface area (TPSA) is 79.2 Å². The van der Waals surface area contributed by atoms with E-state index in [0.717, 1.165) is 5.56 Å². The van der Waals surface area contributed by atoms with E-state index in [0.29, 0.717) is 17.9 Å². The summed E-state index contributed by atoms with van der Waals surface area (Å²) in [4.78, 5) is 0. The number of ether oxygens (including phenoxy) is 2. The zero-order valence-corrected chi connectivity index (χ0v) is 13.3. The standard InChI is InChI=1S/C19H22O5/c20-11-16-10-17(21)18(22)19(24-16)14-7-4-8-15(9-14)23-12-13-5-2-1-3-6-13/h1-9,16-22H,10-12H2. The highest BCUT2D eigenvalue weighted by Crippen LogP contribution is 2.33. The molecule has 5 nitrogen and oxygen atoms in total. The van der Waals surface area contributed by atoms with Crippen LogP contribution >= 0.6 is 0 Å². The molecule has 1 aliphatic heterocycles. The lowest BCUT2D eigenvalue weighted by Crippen LogP contribution is -2.44. The van der Waals surface area contributed by atoms with Crippen LogP contribution in [0.25, 0.3) is 0 Å². The van der Waals surface area contributed by atoms with Crippen molar-refractivity contribution in [3.63, 3.8) is 0 Å². The van der Waals surface area contributed by atoms with Crippen molar-refractivity contribution >= 4 is 0 Å². The summed E-state index contributed by atoms with van der Waals surface area (Å²) in [6, 6.07) is 17.1. The molecule has 0 bridgehead atoms. The molecule has 5 heteroatoms. The normalized spacial score (nSPS) is 27.0. The molecule has 1 saturated heterocycles. The van der Waals surface area contributed by atoms with Crippen molar-refractivity contribution in [1.82, 2.24) is 0 Å². The van der Waals surface area contributed by atoms with Crippen LogP contribution in [0.4, 0.5) is 0 Å². The highest BCUT2D eigenvalue weighted by Gasteiger charge is 2.37. The van der Waals surface area contributed by atoms with E-state index in [-0.39, 0.29) is 13.0 Å². The van der Waals surface area contributed by atoms with E-state index in [1.807, 2.05) is 48.5 Å². The van der Waals surface area contributed by atoms with Crippen molar-refractivity contribution in [3.05, 3.63) is 65.7 Å². The van der Waals surface area contributed by atoms with Gasteiger partial charge >= 0.3 is 0 Å². The smallest absolute Gasteiger partial charge is 0.120 e. The molecule has 0 amide bonds. The van der Waals surface area contributed by atoms with Crippen LogP contribution in [0, 0.1) is 0 Å². The Morgan fingerprint density at radius 2 is 1.83 bits per heavy atom. The van der Waals surface area contributed by atoms with Crippen LogP contribution < -0.4 is 4.74 Å². The molecule has 1 heterocycles. The Kier molecular flexibility index (Phi) is 5.48. The Balaban J connectivity index is 1.72. The number of benzene rings is 2. The minimum absolute atomic E-state index is 0.190. The Hall–Kier alpha value is -1.92. The van der Waals surface area contributed by atoms with Gasteiger partial charge in [0.05, 0.1) is 18.8 Å². The molecule has 1 fully saturated rings. The number of hydrogen-bond donors (Lipinski definition) is 3. The van der Waals surface area contributed by atoms with Crippen molar-refractivity contribution < 1.29 is 24.8 Å². The fourth-order valence-electron chi connectivity index (χ4n) is 2.87. The van der Waals surface area contributed by atoms with E-state index >= 15 is 0 Å². The average Bonchev–Trinajstić information content (AvgIpc) is 2.63. The first-order chi connectivity index (χ1) is 11.7. The zero-order valence-electron chi connectivity index (χ0n) is 13.3. The van der Waals surface area contributed by atoms with Gasteiger partial charge in [-0.2, -0.15) is 0 Å². The van der Waals surface area contributed by atoms with Crippen LogP contribution in [0.15, 0.2) is 54.6 Å². The molecule has 4 atom stereocenters. The maximum atomic E-state index is 10.2. The largest absolute Gasteiger partial charge is 0.489 e. The third-order valence-electron chi connectivity index (χ3n) is 4.19. The summed E-state index contributed by atoms with van der Waals surface area (Å²) in [5.41, 5.74) is 1.78. The minimum Gasteiger partial charge on any atom is -0.489 e. The lowest BCUT2D eigenvalue weighted by Gasteiger charge is -2.36. The summed E-state index contributed by atoms with van der Waals surface area (Å²) in [7, 11) is 0. The molecular formula is C19H22O5. The van der Waals surface area contributed by atoms with E-state index in [9.17, 15) is 15.3 Å². The summed E-state index contributed by atoms with van der Waals surface area (Å²) in [5.74, 6) is 0.660. The molecule has 2 aromatic carbocycles. The molecule has 1 aliphatic rings. The summed E-state index contributed by atoms with van der Waals surface area (Å²) in [6.07, 6.45) is -2.90. The molecule has 24 heavy (non-hydrogen) atoms. The van der Waals surface area contributed by atoms with Crippen LogP contribution in [0.1, 0.15) is 23.7 Å². The van der Waals surface area contributed by atoms with Gasteiger partial charge in [0.15, 0.2) is 0 Å². The Morgan fingerprint density at radius 3 is 2.58 bits per heavy atom. The molecule has 0 aromatic heterocycles. The molecule has 3 N–H and O–H groups in total. The number of hydrogen-bond acceptors (Lipinski definition) is 5. The predicted octanol–water partition coefficient (Wildman–Crippen LogP) is 1.81. The maximum absolute atomic E-state index is 10.2. The fourth-order valence-corrected chi connectivity index (χ4v) is 2.87. The predicted molar refractivity (Wildman–Crippen MR) is 88.5 cm³/mol. The quantitative estimate of drug-likeness (QED) is 0.779. The van der Waals surface area contributed by atoms with Crippen molar-refractivity contribution in [1.29, 1.82) is 0 Å². The monoisotopic (exact) mass is 330 g/mol. The third kappa shape index (κ3) is 3.94. The minimum atomic E-state index is -1.03. The summed E-state index contributed by atoms with van der Waals surface area (Å²) >= 11 is 0. The maximum Gasteiger partial charge on any atom is 0.120 e. The molecule has 2 aromatic rings. The van der Waals surface area contributed by atoms with Crippen molar-refractivity contribution in [2.45, 2.75) is 37.4 Å². The summed E-state index contributed by atoms with van der Waals surface area (Å²) in [5, 5.41) is 29.4. The van der Waals surface area contributed by atoms with Gasteiger partial charge in [-0.1, -0.05) is 42.5 Å². The van der Waals surface area contributed by atoms with Crippen molar-refractivity contribution in [2.75, 3.05) is 6.61 Å². The van der Waals surface area contributed by atoms with Crippen molar-refractivity contribution in [3.8, 4) is 5.75 Å². The lowest BCUT2D eigenvalue weighted by molar-refractivity contribution is -0.179. The molecule has 0 radical (unpaired) electrons.